The predicted molar refractivity (Wildman–Crippen MR) is 43.8 cm³/mol. The van der Waals surface area contributed by atoms with Crippen LogP contribution in [0.2, 0.25) is 0 Å². The molecule has 13 heavy (non-hydrogen) atoms. The minimum absolute atomic E-state index is 0.280. The van der Waals surface area contributed by atoms with Gasteiger partial charge in [0.05, 0.1) is 6.61 Å². The summed E-state index contributed by atoms with van der Waals surface area (Å²) < 4.78 is 4.75. The van der Waals surface area contributed by atoms with E-state index in [1.807, 2.05) is 0 Å². The third kappa shape index (κ3) is 2.19. The first-order valence-corrected chi connectivity index (χ1v) is 3.65. The molecule has 6 nitrogen and oxygen atoms in total. The number of nitrogens with one attached hydrogen (secondary N) is 1. The number of methoxy groups -OCH3 is 1. The zero-order valence-corrected chi connectivity index (χ0v) is 7.07. The number of aromatic hydroxyl groups is 2. The minimum Gasteiger partial charge on any atom is -0.499 e. The maximum atomic E-state index is 10.9. The number of hydrogen-bond acceptors (Lipinski definition) is 5. The summed E-state index contributed by atoms with van der Waals surface area (Å²) >= 11 is 0. The van der Waals surface area contributed by atoms with Crippen molar-refractivity contribution in [1.82, 2.24) is 9.97 Å². The average Bonchev–Trinajstić information content (AvgIpc) is 2.10. The number of ether oxygens (including phenoxy) is 1. The first-order valence-electron chi connectivity index (χ1n) is 3.65. The number of aromatic amines is 1. The molecular weight excluding hydrogens is 176 g/mol. The van der Waals surface area contributed by atoms with E-state index in [1.54, 1.807) is 0 Å². The third-order valence-electron chi connectivity index (χ3n) is 1.47. The normalized spacial score (nSPS) is 10.2. The summed E-state index contributed by atoms with van der Waals surface area (Å²) in [5.74, 6) is -1.14. The molecule has 0 fully saturated rings. The van der Waals surface area contributed by atoms with Crippen molar-refractivity contribution < 1.29 is 14.9 Å². The average molecular weight is 186 g/mol. The van der Waals surface area contributed by atoms with Gasteiger partial charge in [-0.25, -0.2) is 0 Å². The summed E-state index contributed by atoms with van der Waals surface area (Å²) in [5.41, 5.74) is -0.751. The Balaban J connectivity index is 2.93. The summed E-state index contributed by atoms with van der Waals surface area (Å²) in [5, 5.41) is 17.8. The molecule has 1 heterocycles. The topological polar surface area (TPSA) is 95.4 Å². The Morgan fingerprint density at radius 1 is 1.54 bits per heavy atom. The molecule has 72 valence electrons. The molecule has 0 aliphatic rings. The Hall–Kier alpha value is -1.56. The van der Waals surface area contributed by atoms with E-state index in [0.29, 0.717) is 13.0 Å². The van der Waals surface area contributed by atoms with Crippen LogP contribution in [0.4, 0.5) is 0 Å². The van der Waals surface area contributed by atoms with E-state index in [9.17, 15) is 4.79 Å². The van der Waals surface area contributed by atoms with Crippen LogP contribution in [0.5, 0.6) is 11.6 Å². The molecule has 0 unspecified atom stereocenters. The SMILES string of the molecule is COCCc1nc(O)c(O)c(=O)[nH]1. The van der Waals surface area contributed by atoms with Crippen LogP contribution in [0, 0.1) is 0 Å². The molecule has 0 aromatic carbocycles. The monoisotopic (exact) mass is 186 g/mol. The third-order valence-corrected chi connectivity index (χ3v) is 1.47. The zero-order valence-electron chi connectivity index (χ0n) is 7.07. The second kappa shape index (κ2) is 3.90. The quantitative estimate of drug-likeness (QED) is 0.584. The van der Waals surface area contributed by atoms with Gasteiger partial charge in [0.15, 0.2) is 0 Å². The number of nitrogens with zero attached hydrogens (tertiary/aromatic N) is 1. The molecule has 0 aliphatic carbocycles. The van der Waals surface area contributed by atoms with E-state index in [4.69, 9.17) is 14.9 Å². The van der Waals surface area contributed by atoms with Crippen molar-refractivity contribution in [3.05, 3.63) is 16.2 Å². The lowest BCUT2D eigenvalue weighted by atomic mass is 10.4. The summed E-state index contributed by atoms with van der Waals surface area (Å²) in [6.07, 6.45) is 0.375. The van der Waals surface area contributed by atoms with Gasteiger partial charge < -0.3 is 19.9 Å². The van der Waals surface area contributed by atoms with Gasteiger partial charge in [0.25, 0.3) is 11.4 Å². The lowest BCUT2D eigenvalue weighted by Crippen LogP contribution is -2.12. The van der Waals surface area contributed by atoms with Gasteiger partial charge in [0.1, 0.15) is 5.82 Å². The van der Waals surface area contributed by atoms with E-state index in [2.05, 4.69) is 9.97 Å². The number of rotatable bonds is 3. The van der Waals surface area contributed by atoms with Crippen molar-refractivity contribution >= 4 is 0 Å². The highest BCUT2D eigenvalue weighted by molar-refractivity contribution is 5.27. The first kappa shape index (κ1) is 9.53. The van der Waals surface area contributed by atoms with Crippen LogP contribution in [0.3, 0.4) is 0 Å². The zero-order chi connectivity index (χ0) is 9.84. The van der Waals surface area contributed by atoms with Gasteiger partial charge in [-0.3, -0.25) is 4.79 Å². The summed E-state index contributed by atoms with van der Waals surface area (Å²) in [4.78, 5) is 16.7. The molecule has 0 aliphatic heterocycles. The van der Waals surface area contributed by atoms with E-state index in [-0.39, 0.29) is 5.82 Å². The van der Waals surface area contributed by atoms with Gasteiger partial charge in [-0.2, -0.15) is 4.98 Å². The van der Waals surface area contributed by atoms with Gasteiger partial charge in [-0.15, -0.1) is 0 Å². The maximum absolute atomic E-state index is 10.9. The highest BCUT2D eigenvalue weighted by Gasteiger charge is 2.07. The highest BCUT2D eigenvalue weighted by atomic mass is 16.5. The largest absolute Gasteiger partial charge is 0.499 e. The fourth-order valence-corrected chi connectivity index (χ4v) is 0.818. The Morgan fingerprint density at radius 2 is 2.23 bits per heavy atom. The second-order valence-electron chi connectivity index (χ2n) is 2.43. The fourth-order valence-electron chi connectivity index (χ4n) is 0.818. The van der Waals surface area contributed by atoms with Crippen molar-refractivity contribution in [3.8, 4) is 11.6 Å². The minimum atomic E-state index is -0.763. The summed E-state index contributed by atoms with van der Waals surface area (Å²) in [6, 6.07) is 0. The van der Waals surface area contributed by atoms with Crippen LogP contribution in [-0.2, 0) is 11.2 Å². The lowest BCUT2D eigenvalue weighted by molar-refractivity contribution is 0.200. The predicted octanol–water partition coefficient (Wildman–Crippen LogP) is -0.630. The molecule has 1 rings (SSSR count). The Morgan fingerprint density at radius 3 is 2.77 bits per heavy atom. The highest BCUT2D eigenvalue weighted by Crippen LogP contribution is 2.14. The molecule has 1 aromatic rings. The molecule has 0 amide bonds. The first-order chi connectivity index (χ1) is 6.15. The molecule has 1 aromatic heterocycles. The van der Waals surface area contributed by atoms with E-state index in [0.717, 1.165) is 0 Å². The van der Waals surface area contributed by atoms with Crippen LogP contribution in [-0.4, -0.2) is 33.9 Å². The van der Waals surface area contributed by atoms with Crippen LogP contribution in [0.1, 0.15) is 5.82 Å². The van der Waals surface area contributed by atoms with Gasteiger partial charge in [0, 0.05) is 13.5 Å². The molecule has 3 N–H and O–H groups in total. The van der Waals surface area contributed by atoms with E-state index < -0.39 is 17.2 Å². The summed E-state index contributed by atoms with van der Waals surface area (Å²) in [7, 11) is 1.51. The maximum Gasteiger partial charge on any atom is 0.297 e. The van der Waals surface area contributed by atoms with Crippen molar-refractivity contribution in [1.29, 1.82) is 0 Å². The molecule has 0 bridgehead atoms. The number of aromatic nitrogens is 2. The van der Waals surface area contributed by atoms with Crippen LogP contribution in [0.25, 0.3) is 0 Å². The molecule has 0 spiro atoms. The summed E-state index contributed by atoms with van der Waals surface area (Å²) in [6.45, 7) is 0.382. The fraction of sp³-hybridized carbons (Fsp3) is 0.429. The Bertz CT molecular complexity index is 347. The second-order valence-corrected chi connectivity index (χ2v) is 2.43. The molecular formula is C7H10N2O4. The molecule has 6 heteroatoms. The molecule has 0 saturated heterocycles. The van der Waals surface area contributed by atoms with Gasteiger partial charge in [0.2, 0.25) is 5.75 Å². The van der Waals surface area contributed by atoms with Crippen molar-refractivity contribution in [2.75, 3.05) is 13.7 Å². The van der Waals surface area contributed by atoms with Gasteiger partial charge >= 0.3 is 0 Å². The van der Waals surface area contributed by atoms with Crippen LogP contribution in [0.15, 0.2) is 4.79 Å². The van der Waals surface area contributed by atoms with Crippen LogP contribution >= 0.6 is 0 Å². The van der Waals surface area contributed by atoms with Gasteiger partial charge in [-0.1, -0.05) is 0 Å². The van der Waals surface area contributed by atoms with Gasteiger partial charge in [-0.05, 0) is 0 Å². The molecule has 0 atom stereocenters. The Labute approximate surface area is 73.8 Å². The van der Waals surface area contributed by atoms with E-state index >= 15 is 0 Å². The van der Waals surface area contributed by atoms with Crippen molar-refractivity contribution in [2.45, 2.75) is 6.42 Å². The molecule has 0 radical (unpaired) electrons. The van der Waals surface area contributed by atoms with Crippen LogP contribution < -0.4 is 5.56 Å². The van der Waals surface area contributed by atoms with Crippen molar-refractivity contribution in [3.63, 3.8) is 0 Å². The number of hydrogen-bond donors (Lipinski definition) is 3. The molecule has 0 saturated carbocycles. The van der Waals surface area contributed by atoms with E-state index in [1.165, 1.54) is 7.11 Å². The van der Waals surface area contributed by atoms with Crippen molar-refractivity contribution in [2.24, 2.45) is 0 Å². The lowest BCUT2D eigenvalue weighted by Gasteiger charge is -2.00. The number of H-pyrrole nitrogens is 1. The smallest absolute Gasteiger partial charge is 0.297 e. The Kier molecular flexibility index (Phi) is 2.86. The standard InChI is InChI=1S/C7H10N2O4/c1-13-3-2-4-8-6(11)5(10)7(12)9-4/h10H,2-3H2,1H3,(H2,8,9,11,12).